The number of nitrogens with zero attached hydrogens (tertiary/aromatic N) is 3. The molecule has 0 aromatic heterocycles. The lowest BCUT2D eigenvalue weighted by Gasteiger charge is -2.38. The number of carbonyl (C=O) groups is 3. The van der Waals surface area contributed by atoms with Crippen molar-refractivity contribution in [1.82, 2.24) is 9.80 Å². The molecule has 220 valence electrons. The molecule has 1 saturated heterocycles. The number of nitrogens with one attached hydrogen (secondary N) is 1. The van der Waals surface area contributed by atoms with Crippen LogP contribution in [0.4, 0.5) is 11.4 Å². The van der Waals surface area contributed by atoms with Gasteiger partial charge in [-0.3, -0.25) is 14.4 Å². The van der Waals surface area contributed by atoms with Crippen LogP contribution in [-0.2, 0) is 4.79 Å². The van der Waals surface area contributed by atoms with Crippen LogP contribution in [-0.4, -0.2) is 73.6 Å². The number of ether oxygens (including phenoxy) is 2. The van der Waals surface area contributed by atoms with Crippen molar-refractivity contribution in [2.24, 2.45) is 0 Å². The van der Waals surface area contributed by atoms with Crippen molar-refractivity contribution < 1.29 is 23.9 Å². The predicted octanol–water partition coefficient (Wildman–Crippen LogP) is 4.99. The van der Waals surface area contributed by atoms with Crippen molar-refractivity contribution in [2.75, 3.05) is 56.3 Å². The van der Waals surface area contributed by atoms with Crippen LogP contribution in [0.1, 0.15) is 59.4 Å². The summed E-state index contributed by atoms with van der Waals surface area (Å²) in [5.41, 5.74) is 3.33. The molecule has 0 saturated carbocycles. The third-order valence-electron chi connectivity index (χ3n) is 8.01. The topological polar surface area (TPSA) is 91.4 Å². The highest BCUT2D eigenvalue weighted by Gasteiger charge is 2.29. The van der Waals surface area contributed by atoms with E-state index in [0.717, 1.165) is 17.7 Å². The summed E-state index contributed by atoms with van der Waals surface area (Å²) >= 11 is 0. The Morgan fingerprint density at radius 3 is 2.26 bits per heavy atom. The van der Waals surface area contributed by atoms with Gasteiger partial charge in [-0.25, -0.2) is 0 Å². The number of piperazine rings is 1. The molecule has 9 nitrogen and oxygen atoms in total. The first-order valence-electron chi connectivity index (χ1n) is 14.7. The Labute approximate surface area is 247 Å². The molecule has 1 N–H and O–H groups in total. The van der Waals surface area contributed by atoms with E-state index in [0.29, 0.717) is 67.6 Å². The number of rotatable bonds is 9. The number of benzene rings is 3. The maximum absolute atomic E-state index is 13.7. The number of hydrogen-bond donors (Lipinski definition) is 1. The van der Waals surface area contributed by atoms with Gasteiger partial charge in [0.05, 0.1) is 11.5 Å². The summed E-state index contributed by atoms with van der Waals surface area (Å²) in [6.07, 6.45) is 0.741. The highest BCUT2D eigenvalue weighted by molar-refractivity contribution is 6.06. The largest absolute Gasteiger partial charge is 0.454 e. The van der Waals surface area contributed by atoms with Crippen molar-refractivity contribution in [2.45, 2.75) is 33.1 Å². The summed E-state index contributed by atoms with van der Waals surface area (Å²) < 4.78 is 10.7. The van der Waals surface area contributed by atoms with Gasteiger partial charge in [0, 0.05) is 56.2 Å². The first-order valence-corrected chi connectivity index (χ1v) is 14.7. The molecule has 3 aromatic rings. The summed E-state index contributed by atoms with van der Waals surface area (Å²) in [5, 5.41) is 2.93. The SMILES string of the molecule is CC[C@@H](C(=O)N1CCN(c2ccc(NC(=O)c3ccc4c(c3)OCO4)cc2C(=O)N(CC)CC)CC1)c1ccccc1. The van der Waals surface area contributed by atoms with Gasteiger partial charge in [-0.05, 0) is 62.2 Å². The van der Waals surface area contributed by atoms with Crippen molar-refractivity contribution in [3.05, 3.63) is 83.4 Å². The smallest absolute Gasteiger partial charge is 0.256 e. The van der Waals surface area contributed by atoms with Gasteiger partial charge < -0.3 is 29.5 Å². The van der Waals surface area contributed by atoms with E-state index in [4.69, 9.17) is 9.47 Å². The van der Waals surface area contributed by atoms with Gasteiger partial charge in [0.2, 0.25) is 12.7 Å². The fourth-order valence-electron chi connectivity index (χ4n) is 5.61. The molecule has 2 aliphatic rings. The third kappa shape index (κ3) is 6.05. The Morgan fingerprint density at radius 1 is 0.857 bits per heavy atom. The summed E-state index contributed by atoms with van der Waals surface area (Å²) in [5.74, 6) is 0.716. The van der Waals surface area contributed by atoms with Crippen molar-refractivity contribution in [3.8, 4) is 11.5 Å². The first kappa shape index (κ1) is 29.0. The third-order valence-corrected chi connectivity index (χ3v) is 8.01. The maximum atomic E-state index is 13.7. The zero-order chi connectivity index (χ0) is 29.6. The van der Waals surface area contributed by atoms with Crippen LogP contribution >= 0.6 is 0 Å². The van der Waals surface area contributed by atoms with Gasteiger partial charge in [-0.15, -0.1) is 0 Å². The molecule has 0 unspecified atom stereocenters. The molecule has 2 aliphatic heterocycles. The highest BCUT2D eigenvalue weighted by Crippen LogP contribution is 2.33. The Hall–Kier alpha value is -4.53. The van der Waals surface area contributed by atoms with Crippen molar-refractivity contribution >= 4 is 29.1 Å². The maximum Gasteiger partial charge on any atom is 0.256 e. The molecule has 0 radical (unpaired) electrons. The zero-order valence-electron chi connectivity index (χ0n) is 24.5. The van der Waals surface area contributed by atoms with Gasteiger partial charge in [-0.1, -0.05) is 37.3 Å². The monoisotopic (exact) mass is 570 g/mol. The lowest BCUT2D eigenvalue weighted by atomic mass is 9.94. The standard InChI is InChI=1S/C33H38N4O5/c1-4-26(23-10-8-7-9-11-23)32(39)37-18-16-36(17-19-37)28-14-13-25(21-27(28)33(40)35(5-2)6-3)34-31(38)24-12-15-29-30(20-24)42-22-41-29/h7-15,20-21,26H,4-6,16-19,22H2,1-3H3,(H,34,38)/t26-/m1/s1. The molecule has 9 heteroatoms. The molecular weight excluding hydrogens is 532 g/mol. The average Bonchev–Trinajstić information content (AvgIpc) is 3.51. The summed E-state index contributed by atoms with van der Waals surface area (Å²) in [6, 6.07) is 20.4. The highest BCUT2D eigenvalue weighted by atomic mass is 16.7. The second kappa shape index (κ2) is 13.0. The lowest BCUT2D eigenvalue weighted by Crippen LogP contribution is -2.50. The van der Waals surface area contributed by atoms with Crippen LogP contribution in [0.5, 0.6) is 11.5 Å². The van der Waals surface area contributed by atoms with Gasteiger partial charge in [-0.2, -0.15) is 0 Å². The van der Waals surface area contributed by atoms with Gasteiger partial charge in [0.1, 0.15) is 0 Å². The second-order valence-electron chi connectivity index (χ2n) is 10.4. The molecular formula is C33H38N4O5. The van der Waals surface area contributed by atoms with Crippen LogP contribution in [0.2, 0.25) is 0 Å². The molecule has 3 amide bonds. The van der Waals surface area contributed by atoms with Crippen LogP contribution in [0, 0.1) is 0 Å². The van der Waals surface area contributed by atoms with E-state index in [1.807, 2.05) is 68.1 Å². The minimum Gasteiger partial charge on any atom is -0.454 e. The number of fused-ring (bicyclic) bond motifs is 1. The molecule has 0 aliphatic carbocycles. The van der Waals surface area contributed by atoms with Gasteiger partial charge in [0.25, 0.3) is 11.8 Å². The second-order valence-corrected chi connectivity index (χ2v) is 10.4. The molecule has 42 heavy (non-hydrogen) atoms. The van der Waals surface area contributed by atoms with Crippen LogP contribution in [0.15, 0.2) is 66.7 Å². The van der Waals surface area contributed by atoms with E-state index in [2.05, 4.69) is 10.2 Å². The molecule has 0 bridgehead atoms. The lowest BCUT2D eigenvalue weighted by molar-refractivity contribution is -0.133. The quantitative estimate of drug-likeness (QED) is 0.390. The van der Waals surface area contributed by atoms with E-state index >= 15 is 0 Å². The van der Waals surface area contributed by atoms with Crippen molar-refractivity contribution in [3.63, 3.8) is 0 Å². The predicted molar refractivity (Wildman–Crippen MR) is 162 cm³/mol. The molecule has 5 rings (SSSR count). The van der Waals surface area contributed by atoms with E-state index < -0.39 is 0 Å². The molecule has 1 atom stereocenters. The minimum absolute atomic E-state index is 0.0946. The Balaban J connectivity index is 1.33. The fraction of sp³-hybridized carbons (Fsp3) is 0.364. The first-order chi connectivity index (χ1) is 20.4. The van der Waals surface area contributed by atoms with Gasteiger partial charge >= 0.3 is 0 Å². The number of carbonyl (C=O) groups excluding carboxylic acids is 3. The van der Waals surface area contributed by atoms with Crippen LogP contribution < -0.4 is 19.7 Å². The molecule has 0 spiro atoms. The van der Waals surface area contributed by atoms with Crippen LogP contribution in [0.3, 0.4) is 0 Å². The Bertz CT molecular complexity index is 1430. The summed E-state index contributed by atoms with van der Waals surface area (Å²) in [7, 11) is 0. The normalized spacial score (nSPS) is 14.8. The number of anilines is 2. The minimum atomic E-state index is -0.307. The van der Waals surface area contributed by atoms with Gasteiger partial charge in [0.15, 0.2) is 11.5 Å². The zero-order valence-corrected chi connectivity index (χ0v) is 24.5. The van der Waals surface area contributed by atoms with E-state index in [-0.39, 0.29) is 30.4 Å². The van der Waals surface area contributed by atoms with Crippen molar-refractivity contribution in [1.29, 1.82) is 0 Å². The Kier molecular flexibility index (Phi) is 8.95. The molecule has 2 heterocycles. The number of hydrogen-bond acceptors (Lipinski definition) is 6. The summed E-state index contributed by atoms with van der Waals surface area (Å²) in [4.78, 5) is 46.0. The Morgan fingerprint density at radius 2 is 1.57 bits per heavy atom. The van der Waals surface area contributed by atoms with E-state index in [9.17, 15) is 14.4 Å². The van der Waals surface area contributed by atoms with Crippen LogP contribution in [0.25, 0.3) is 0 Å². The summed E-state index contributed by atoms with van der Waals surface area (Å²) in [6.45, 7) is 9.59. The molecule has 3 aromatic carbocycles. The number of amides is 3. The fourth-order valence-corrected chi connectivity index (χ4v) is 5.61. The van der Waals surface area contributed by atoms with E-state index in [1.54, 1.807) is 29.2 Å². The molecule has 1 fully saturated rings. The van der Waals surface area contributed by atoms with E-state index in [1.165, 1.54) is 0 Å². The average molecular weight is 571 g/mol.